The number of benzene rings is 1. The van der Waals surface area contributed by atoms with Crippen LogP contribution in [-0.2, 0) is 0 Å². The van der Waals surface area contributed by atoms with Crippen LogP contribution in [-0.4, -0.2) is 9.91 Å². The first-order valence-electron chi connectivity index (χ1n) is 6.24. The van der Waals surface area contributed by atoms with Crippen molar-refractivity contribution in [3.05, 3.63) is 58.4 Å². The zero-order valence-corrected chi connectivity index (χ0v) is 11.0. The number of hydrogen-bond acceptors (Lipinski definition) is 5. The molecule has 0 unspecified atom stereocenters. The van der Waals surface area contributed by atoms with Crippen molar-refractivity contribution >= 4 is 5.69 Å². The molecule has 0 saturated heterocycles. The van der Waals surface area contributed by atoms with E-state index >= 15 is 0 Å². The number of non-ortho nitro benzene ring substituents is 1. The van der Waals surface area contributed by atoms with E-state index in [9.17, 15) is 10.1 Å². The highest BCUT2D eigenvalue weighted by Crippen LogP contribution is 2.24. The number of nitrogens with zero attached hydrogens (tertiary/aromatic N) is 2. The normalized spacial score (nSPS) is 11.9. The molecule has 1 aromatic carbocycles. The average molecular weight is 273 g/mol. The zero-order valence-electron chi connectivity index (χ0n) is 11.0. The fraction of sp³-hybridized carbons (Fsp3) is 0.214. The van der Waals surface area contributed by atoms with Crippen LogP contribution >= 0.6 is 0 Å². The monoisotopic (exact) mass is 273 g/mol. The molecule has 0 aliphatic carbocycles. The Morgan fingerprint density at radius 3 is 2.40 bits per heavy atom. The molecule has 0 bridgehead atoms. The Hall–Kier alpha value is -2.47. The zero-order chi connectivity index (χ0) is 14.5. The van der Waals surface area contributed by atoms with E-state index in [1.54, 1.807) is 24.4 Å². The second-order valence-corrected chi connectivity index (χ2v) is 4.29. The lowest BCUT2D eigenvalue weighted by molar-refractivity contribution is -0.384. The average Bonchev–Trinajstić information content (AvgIpc) is 2.48. The van der Waals surface area contributed by atoms with Crippen LogP contribution in [0.5, 0.6) is 11.5 Å². The lowest BCUT2D eigenvalue weighted by Crippen LogP contribution is -2.10. The predicted octanol–water partition coefficient (Wildman–Crippen LogP) is 3.19. The van der Waals surface area contributed by atoms with Crippen molar-refractivity contribution in [1.29, 1.82) is 0 Å². The van der Waals surface area contributed by atoms with Crippen LogP contribution in [0.25, 0.3) is 0 Å². The molecule has 1 atom stereocenters. The minimum atomic E-state index is -0.452. The lowest BCUT2D eigenvalue weighted by atomic mass is 10.1. The van der Waals surface area contributed by atoms with Gasteiger partial charge in [0.05, 0.1) is 16.8 Å². The summed E-state index contributed by atoms with van der Waals surface area (Å²) in [6.07, 6.45) is 2.40. The quantitative estimate of drug-likeness (QED) is 0.667. The van der Waals surface area contributed by atoms with Crippen LogP contribution in [0.2, 0.25) is 0 Å². The minimum absolute atomic E-state index is 0.0275. The summed E-state index contributed by atoms with van der Waals surface area (Å²) in [5.41, 5.74) is 6.71. The fourth-order valence-electron chi connectivity index (χ4n) is 1.65. The summed E-state index contributed by atoms with van der Waals surface area (Å²) in [6.45, 7) is 1.99. The van der Waals surface area contributed by atoms with E-state index in [0.717, 1.165) is 12.1 Å². The highest BCUT2D eigenvalue weighted by Gasteiger charge is 2.07. The van der Waals surface area contributed by atoms with E-state index in [0.29, 0.717) is 11.5 Å². The highest BCUT2D eigenvalue weighted by atomic mass is 16.6. The summed E-state index contributed by atoms with van der Waals surface area (Å²) in [4.78, 5) is 14.3. The maximum Gasteiger partial charge on any atom is 0.269 e. The molecule has 0 amide bonds. The number of nitro groups is 1. The van der Waals surface area contributed by atoms with Crippen LogP contribution in [0.3, 0.4) is 0 Å². The van der Waals surface area contributed by atoms with Gasteiger partial charge in [-0.25, -0.2) is 0 Å². The number of hydrogen-bond donors (Lipinski definition) is 1. The highest BCUT2D eigenvalue weighted by molar-refractivity contribution is 5.38. The maximum atomic E-state index is 10.5. The van der Waals surface area contributed by atoms with Gasteiger partial charge in [0.25, 0.3) is 5.69 Å². The van der Waals surface area contributed by atoms with E-state index in [1.807, 2.05) is 13.0 Å². The number of rotatable bonds is 5. The Morgan fingerprint density at radius 2 is 1.90 bits per heavy atom. The number of aromatic nitrogens is 1. The Labute approximate surface area is 116 Å². The van der Waals surface area contributed by atoms with E-state index in [1.165, 1.54) is 12.1 Å². The van der Waals surface area contributed by atoms with Crippen LogP contribution in [0.4, 0.5) is 5.69 Å². The van der Waals surface area contributed by atoms with Crippen LogP contribution in [0.15, 0.2) is 42.6 Å². The molecule has 0 saturated carbocycles. The molecule has 6 heteroatoms. The number of nitro benzene ring substituents is 1. The third kappa shape index (κ3) is 3.30. The van der Waals surface area contributed by atoms with Crippen molar-refractivity contribution in [2.24, 2.45) is 5.73 Å². The largest absolute Gasteiger partial charge is 0.456 e. The summed E-state index contributed by atoms with van der Waals surface area (Å²) >= 11 is 0. The van der Waals surface area contributed by atoms with Crippen molar-refractivity contribution in [2.45, 2.75) is 19.4 Å². The van der Waals surface area contributed by atoms with Gasteiger partial charge in [-0.15, -0.1) is 0 Å². The molecule has 2 rings (SSSR count). The van der Waals surface area contributed by atoms with E-state index in [2.05, 4.69) is 4.98 Å². The first-order chi connectivity index (χ1) is 9.60. The summed E-state index contributed by atoms with van der Waals surface area (Å²) < 4.78 is 5.56. The number of nitrogens with two attached hydrogens (primary N) is 1. The molecule has 0 spiro atoms. The third-order valence-corrected chi connectivity index (χ3v) is 2.86. The van der Waals surface area contributed by atoms with Gasteiger partial charge < -0.3 is 10.5 Å². The first kappa shape index (κ1) is 14.0. The van der Waals surface area contributed by atoms with Crippen LogP contribution in [0.1, 0.15) is 25.1 Å². The smallest absolute Gasteiger partial charge is 0.269 e. The van der Waals surface area contributed by atoms with E-state index < -0.39 is 4.92 Å². The molecule has 20 heavy (non-hydrogen) atoms. The van der Waals surface area contributed by atoms with Gasteiger partial charge in [0.15, 0.2) is 0 Å². The Kier molecular flexibility index (Phi) is 4.27. The molecule has 6 nitrogen and oxygen atoms in total. The third-order valence-electron chi connectivity index (χ3n) is 2.86. The number of ether oxygens (including phenoxy) is 1. The van der Waals surface area contributed by atoms with Gasteiger partial charge in [-0.1, -0.05) is 6.92 Å². The Bertz CT molecular complexity index is 582. The predicted molar refractivity (Wildman–Crippen MR) is 74.6 cm³/mol. The molecule has 0 radical (unpaired) electrons. The number of pyridine rings is 1. The van der Waals surface area contributed by atoms with Crippen molar-refractivity contribution in [1.82, 2.24) is 4.98 Å². The Balaban J connectivity index is 2.08. The standard InChI is InChI=1S/C14H15N3O3/c1-2-13(15)14-8-7-12(9-16-14)20-11-5-3-10(4-6-11)17(18)19/h3-9,13H,2,15H2,1H3/t13-/m1/s1. The molecule has 2 aromatic rings. The lowest BCUT2D eigenvalue weighted by Gasteiger charge is -2.09. The van der Waals surface area contributed by atoms with Gasteiger partial charge in [-0.3, -0.25) is 15.1 Å². The minimum Gasteiger partial charge on any atom is -0.456 e. The molecule has 0 fully saturated rings. The second-order valence-electron chi connectivity index (χ2n) is 4.29. The van der Waals surface area contributed by atoms with E-state index in [4.69, 9.17) is 10.5 Å². The van der Waals surface area contributed by atoms with Crippen LogP contribution in [0, 0.1) is 10.1 Å². The second kappa shape index (κ2) is 6.12. The molecular formula is C14H15N3O3. The molecule has 104 valence electrons. The summed E-state index contributed by atoms with van der Waals surface area (Å²) in [6, 6.07) is 9.39. The Morgan fingerprint density at radius 1 is 1.25 bits per heavy atom. The first-order valence-corrected chi connectivity index (χ1v) is 6.24. The van der Waals surface area contributed by atoms with Gasteiger partial charge >= 0.3 is 0 Å². The topological polar surface area (TPSA) is 91.3 Å². The molecule has 1 heterocycles. The van der Waals surface area contributed by atoms with Crippen molar-refractivity contribution < 1.29 is 9.66 Å². The molecule has 0 aliphatic rings. The molecule has 1 aromatic heterocycles. The van der Waals surface area contributed by atoms with E-state index in [-0.39, 0.29) is 11.7 Å². The SMILES string of the molecule is CC[C@@H](N)c1ccc(Oc2ccc([N+](=O)[O-])cc2)cn1. The summed E-state index contributed by atoms with van der Waals surface area (Å²) in [5.74, 6) is 1.08. The van der Waals surface area contributed by atoms with Gasteiger partial charge in [0.2, 0.25) is 0 Å². The van der Waals surface area contributed by atoms with Crippen molar-refractivity contribution in [2.75, 3.05) is 0 Å². The van der Waals surface area contributed by atoms with Gasteiger partial charge in [-0.2, -0.15) is 0 Å². The molecule has 0 aliphatic heterocycles. The molecular weight excluding hydrogens is 258 g/mol. The summed E-state index contributed by atoms with van der Waals surface area (Å²) in [5, 5.41) is 10.5. The van der Waals surface area contributed by atoms with Gasteiger partial charge in [0, 0.05) is 18.2 Å². The van der Waals surface area contributed by atoms with Gasteiger partial charge in [-0.05, 0) is 30.7 Å². The fourth-order valence-corrected chi connectivity index (χ4v) is 1.65. The summed E-state index contributed by atoms with van der Waals surface area (Å²) in [7, 11) is 0. The molecule has 2 N–H and O–H groups in total. The van der Waals surface area contributed by atoms with Crippen LogP contribution < -0.4 is 10.5 Å². The maximum absolute atomic E-state index is 10.5. The van der Waals surface area contributed by atoms with Crippen molar-refractivity contribution in [3.63, 3.8) is 0 Å². The van der Waals surface area contributed by atoms with Gasteiger partial charge in [0.1, 0.15) is 11.5 Å². The van der Waals surface area contributed by atoms with Crippen molar-refractivity contribution in [3.8, 4) is 11.5 Å².